The molecule has 110 valence electrons. The Morgan fingerprint density at radius 1 is 1.24 bits per heavy atom. The van der Waals surface area contributed by atoms with Crippen LogP contribution in [0.1, 0.15) is 17.3 Å². The van der Waals surface area contributed by atoms with E-state index < -0.39 is 24.5 Å². The number of rotatable bonds is 4. The Bertz CT molecular complexity index is 678. The molecule has 1 heterocycles. The van der Waals surface area contributed by atoms with Gasteiger partial charge >= 0.3 is 12.0 Å². The van der Waals surface area contributed by atoms with Crippen molar-refractivity contribution in [1.29, 1.82) is 0 Å². The minimum absolute atomic E-state index is 0.344. The predicted octanol–water partition coefficient (Wildman–Crippen LogP) is 1.17. The fourth-order valence-electron chi connectivity index (χ4n) is 1.82. The molecule has 0 atom stereocenters. The lowest BCUT2D eigenvalue weighted by molar-refractivity contribution is -0.123. The minimum Gasteiger partial charge on any atom is -0.452 e. The van der Waals surface area contributed by atoms with Crippen molar-refractivity contribution < 1.29 is 19.1 Å². The first kappa shape index (κ1) is 14.6. The van der Waals surface area contributed by atoms with Crippen LogP contribution in [0.2, 0.25) is 0 Å². The Balaban J connectivity index is 1.93. The van der Waals surface area contributed by atoms with E-state index in [1.54, 1.807) is 19.1 Å². The quantitative estimate of drug-likeness (QED) is 0.735. The van der Waals surface area contributed by atoms with Crippen molar-refractivity contribution in [1.82, 2.24) is 15.6 Å². The highest BCUT2D eigenvalue weighted by molar-refractivity contribution is 6.05. The fourth-order valence-corrected chi connectivity index (χ4v) is 1.82. The number of hydrogen-bond donors (Lipinski definition) is 3. The lowest BCUT2D eigenvalue weighted by atomic mass is 10.2. The summed E-state index contributed by atoms with van der Waals surface area (Å²) >= 11 is 0. The molecule has 1 aromatic carbocycles. The van der Waals surface area contributed by atoms with Gasteiger partial charge in [0.25, 0.3) is 5.91 Å². The molecule has 7 nitrogen and oxygen atoms in total. The number of carbonyl (C=O) groups is 3. The number of urea groups is 1. The topological polar surface area (TPSA) is 100 Å². The van der Waals surface area contributed by atoms with E-state index in [4.69, 9.17) is 4.74 Å². The van der Waals surface area contributed by atoms with Gasteiger partial charge in [-0.1, -0.05) is 18.2 Å². The smallest absolute Gasteiger partial charge is 0.340 e. The van der Waals surface area contributed by atoms with Gasteiger partial charge in [0.15, 0.2) is 6.61 Å². The van der Waals surface area contributed by atoms with Gasteiger partial charge in [0.2, 0.25) is 0 Å². The largest absolute Gasteiger partial charge is 0.452 e. The van der Waals surface area contributed by atoms with Crippen molar-refractivity contribution in [3.63, 3.8) is 0 Å². The van der Waals surface area contributed by atoms with Crippen molar-refractivity contribution in [2.75, 3.05) is 13.2 Å². The van der Waals surface area contributed by atoms with E-state index in [-0.39, 0.29) is 0 Å². The third-order valence-corrected chi connectivity index (χ3v) is 2.73. The molecule has 0 bridgehead atoms. The zero-order valence-corrected chi connectivity index (χ0v) is 11.4. The summed E-state index contributed by atoms with van der Waals surface area (Å²) in [5, 5.41) is 5.16. The monoisotopic (exact) mass is 289 g/mol. The van der Waals surface area contributed by atoms with Crippen LogP contribution >= 0.6 is 0 Å². The van der Waals surface area contributed by atoms with Crippen LogP contribution in [-0.2, 0) is 9.53 Å². The van der Waals surface area contributed by atoms with Crippen LogP contribution in [0, 0.1) is 0 Å². The number of esters is 1. The number of ether oxygens (including phenoxy) is 1. The van der Waals surface area contributed by atoms with Crippen LogP contribution in [0.5, 0.6) is 0 Å². The van der Waals surface area contributed by atoms with Gasteiger partial charge in [0.1, 0.15) is 0 Å². The number of para-hydroxylation sites is 1. The second kappa shape index (κ2) is 6.56. The second-order valence-electron chi connectivity index (χ2n) is 4.23. The Kier molecular flexibility index (Phi) is 4.55. The first-order valence-electron chi connectivity index (χ1n) is 6.42. The maximum atomic E-state index is 11.9. The summed E-state index contributed by atoms with van der Waals surface area (Å²) in [5.41, 5.74) is 1.15. The zero-order valence-electron chi connectivity index (χ0n) is 11.4. The first-order chi connectivity index (χ1) is 10.1. The number of H-pyrrole nitrogens is 1. The normalized spacial score (nSPS) is 10.1. The molecule has 3 N–H and O–H groups in total. The number of benzene rings is 1. The summed E-state index contributed by atoms with van der Waals surface area (Å²) in [7, 11) is 0. The van der Waals surface area contributed by atoms with Crippen LogP contribution in [-0.4, -0.2) is 36.0 Å². The van der Waals surface area contributed by atoms with Gasteiger partial charge in [0, 0.05) is 23.6 Å². The molecule has 0 fully saturated rings. The van der Waals surface area contributed by atoms with E-state index in [2.05, 4.69) is 10.3 Å². The predicted molar refractivity (Wildman–Crippen MR) is 75.8 cm³/mol. The number of aromatic amines is 1. The third kappa shape index (κ3) is 3.59. The van der Waals surface area contributed by atoms with Crippen LogP contribution in [0.4, 0.5) is 4.79 Å². The van der Waals surface area contributed by atoms with Crippen molar-refractivity contribution in [2.24, 2.45) is 0 Å². The zero-order chi connectivity index (χ0) is 15.2. The number of nitrogens with one attached hydrogen (secondary N) is 3. The third-order valence-electron chi connectivity index (χ3n) is 2.73. The van der Waals surface area contributed by atoms with Gasteiger partial charge in [-0.15, -0.1) is 0 Å². The van der Waals surface area contributed by atoms with Crippen LogP contribution in [0.15, 0.2) is 30.5 Å². The molecule has 0 aliphatic rings. The van der Waals surface area contributed by atoms with Crippen molar-refractivity contribution in [3.05, 3.63) is 36.0 Å². The number of imide groups is 1. The van der Waals surface area contributed by atoms with Crippen LogP contribution < -0.4 is 10.6 Å². The molecule has 0 spiro atoms. The molecule has 3 amide bonds. The summed E-state index contributed by atoms with van der Waals surface area (Å²) in [4.78, 5) is 37.4. The summed E-state index contributed by atoms with van der Waals surface area (Å²) in [6, 6.07) is 6.62. The van der Waals surface area contributed by atoms with Gasteiger partial charge in [-0.3, -0.25) is 10.1 Å². The van der Waals surface area contributed by atoms with Crippen molar-refractivity contribution in [3.8, 4) is 0 Å². The SMILES string of the molecule is CCNC(=O)NC(=O)COC(=O)c1c[nH]c2ccccc12. The minimum atomic E-state index is -0.686. The fraction of sp³-hybridized carbons (Fsp3) is 0.214. The Morgan fingerprint density at radius 3 is 2.76 bits per heavy atom. The number of aromatic nitrogens is 1. The molecule has 0 aliphatic carbocycles. The molecule has 2 rings (SSSR count). The summed E-state index contributed by atoms with van der Waals surface area (Å²) in [6.45, 7) is 1.60. The summed E-state index contributed by atoms with van der Waals surface area (Å²) in [6.07, 6.45) is 1.52. The first-order valence-corrected chi connectivity index (χ1v) is 6.42. The molecule has 0 radical (unpaired) electrons. The number of carbonyl (C=O) groups excluding carboxylic acids is 3. The maximum absolute atomic E-state index is 11.9. The van der Waals surface area contributed by atoms with E-state index in [0.717, 1.165) is 5.52 Å². The van der Waals surface area contributed by atoms with Gasteiger partial charge in [-0.05, 0) is 13.0 Å². The molecule has 0 saturated heterocycles. The van der Waals surface area contributed by atoms with E-state index in [1.165, 1.54) is 6.20 Å². The van der Waals surface area contributed by atoms with E-state index in [0.29, 0.717) is 17.5 Å². The van der Waals surface area contributed by atoms with E-state index >= 15 is 0 Å². The van der Waals surface area contributed by atoms with Gasteiger partial charge in [0.05, 0.1) is 5.56 Å². The van der Waals surface area contributed by atoms with Crippen LogP contribution in [0.3, 0.4) is 0 Å². The number of hydrogen-bond acceptors (Lipinski definition) is 4. The molecule has 7 heteroatoms. The lowest BCUT2D eigenvalue weighted by Gasteiger charge is -2.05. The molecule has 0 aliphatic heterocycles. The highest BCUT2D eigenvalue weighted by Gasteiger charge is 2.15. The lowest BCUT2D eigenvalue weighted by Crippen LogP contribution is -2.41. The molecule has 0 saturated carbocycles. The molecule has 0 unspecified atom stereocenters. The van der Waals surface area contributed by atoms with Crippen molar-refractivity contribution >= 4 is 28.8 Å². The summed E-state index contributed by atoms with van der Waals surface area (Å²) in [5.74, 6) is -1.31. The highest BCUT2D eigenvalue weighted by atomic mass is 16.5. The van der Waals surface area contributed by atoms with E-state index in [1.807, 2.05) is 17.4 Å². The highest BCUT2D eigenvalue weighted by Crippen LogP contribution is 2.18. The van der Waals surface area contributed by atoms with Gasteiger partial charge < -0.3 is 15.0 Å². The second-order valence-corrected chi connectivity index (χ2v) is 4.23. The van der Waals surface area contributed by atoms with Gasteiger partial charge in [-0.2, -0.15) is 0 Å². The average molecular weight is 289 g/mol. The number of fused-ring (bicyclic) bond motifs is 1. The van der Waals surface area contributed by atoms with Crippen LogP contribution in [0.25, 0.3) is 10.9 Å². The number of amides is 3. The molecule has 1 aromatic heterocycles. The molecular formula is C14H15N3O4. The Hall–Kier alpha value is -2.83. The molecule has 21 heavy (non-hydrogen) atoms. The van der Waals surface area contributed by atoms with E-state index in [9.17, 15) is 14.4 Å². The maximum Gasteiger partial charge on any atom is 0.340 e. The van der Waals surface area contributed by atoms with Crippen molar-refractivity contribution in [2.45, 2.75) is 6.92 Å². The van der Waals surface area contributed by atoms with Gasteiger partial charge in [-0.25, -0.2) is 9.59 Å². The molecule has 2 aromatic rings. The Morgan fingerprint density at radius 2 is 2.00 bits per heavy atom. The standard InChI is InChI=1S/C14H15N3O4/c1-2-15-14(20)17-12(18)8-21-13(19)10-7-16-11-6-4-3-5-9(10)11/h3-7,16H,2,8H2,1H3,(H2,15,17,18,20). The average Bonchev–Trinajstić information content (AvgIpc) is 2.89. The summed E-state index contributed by atoms with van der Waals surface area (Å²) < 4.78 is 4.88. The Labute approximate surface area is 120 Å². The molecular weight excluding hydrogens is 274 g/mol.